The molecule has 3 aromatic rings. The largest absolute Gasteiger partial charge is 0.391 e. The van der Waals surface area contributed by atoms with E-state index in [2.05, 4.69) is 11.2 Å². The molecule has 2 heterocycles. The van der Waals surface area contributed by atoms with E-state index in [-0.39, 0.29) is 23.2 Å². The van der Waals surface area contributed by atoms with Crippen LogP contribution in [0.3, 0.4) is 0 Å². The van der Waals surface area contributed by atoms with Crippen LogP contribution >= 0.6 is 0 Å². The normalized spacial score (nSPS) is 28.1. The van der Waals surface area contributed by atoms with Crippen LogP contribution in [0.5, 0.6) is 0 Å². The Bertz CT molecular complexity index is 1360. The predicted molar refractivity (Wildman–Crippen MR) is 138 cm³/mol. The van der Waals surface area contributed by atoms with E-state index in [1.807, 2.05) is 40.0 Å². The van der Waals surface area contributed by atoms with Gasteiger partial charge in [-0.2, -0.15) is 10.4 Å². The van der Waals surface area contributed by atoms with Gasteiger partial charge in [0, 0.05) is 18.5 Å². The average molecular weight is 501 g/mol. The number of amides is 1. The summed E-state index contributed by atoms with van der Waals surface area (Å²) in [6.45, 7) is 1.23. The van der Waals surface area contributed by atoms with E-state index in [0.29, 0.717) is 23.9 Å². The molecule has 7 heteroatoms. The van der Waals surface area contributed by atoms with Crippen molar-refractivity contribution in [3.63, 3.8) is 0 Å². The molecule has 0 spiro atoms. The molecule has 1 amide bonds. The number of rotatable bonds is 9. The lowest BCUT2D eigenvalue weighted by atomic mass is 9.33. The lowest BCUT2D eigenvalue weighted by molar-refractivity contribution is -0.220. The number of aryl methyl sites for hydroxylation is 1. The van der Waals surface area contributed by atoms with E-state index >= 15 is 0 Å². The molecule has 192 valence electrons. The number of aromatic nitrogens is 2. The van der Waals surface area contributed by atoms with Gasteiger partial charge < -0.3 is 10.0 Å². The van der Waals surface area contributed by atoms with E-state index in [1.54, 1.807) is 6.07 Å². The summed E-state index contributed by atoms with van der Waals surface area (Å²) < 4.78 is 15.8. The number of fused-ring (bicyclic) bond motifs is 1. The van der Waals surface area contributed by atoms with Gasteiger partial charge in [-0.25, -0.2) is 4.39 Å². The molecule has 2 bridgehead atoms. The zero-order valence-electron chi connectivity index (χ0n) is 21.1. The second kappa shape index (κ2) is 9.25. The number of β-amino-alcohol motifs (C(OH)–C–C–N with tert-alkyl or cyclic N) is 1. The van der Waals surface area contributed by atoms with Gasteiger partial charge in [0.05, 0.1) is 40.9 Å². The number of likely N-dealkylation sites (tertiary alicyclic amines) is 1. The smallest absolute Gasteiger partial charge is 0.229 e. The standard InChI is InChI=1S/C30H33FN4O2/c31-24-7-5-6-22(13-24)27-14-25(36)17-34(27)28(37)30-18-29(19-30,20-30)10-3-1-2-4-11-35-26-9-8-21(15-32)12-23(26)16-33-35/h5-9,12-13,16,25,27,36H,1-4,10-11,14,17-20H2/t25-,27+,29?,30?/m1/s1. The van der Waals surface area contributed by atoms with Crippen molar-refractivity contribution >= 4 is 16.8 Å². The minimum absolute atomic E-state index is 0.161. The molecule has 4 aliphatic rings. The van der Waals surface area contributed by atoms with Crippen molar-refractivity contribution in [3.8, 4) is 6.07 Å². The number of carbonyl (C=O) groups excluding carboxylic acids is 1. The number of nitriles is 1. The van der Waals surface area contributed by atoms with Crippen molar-refractivity contribution in [3.05, 3.63) is 65.6 Å². The monoisotopic (exact) mass is 500 g/mol. The maximum atomic E-state index is 13.8. The van der Waals surface area contributed by atoms with Crippen LogP contribution < -0.4 is 0 Å². The summed E-state index contributed by atoms with van der Waals surface area (Å²) in [6.07, 6.45) is 10.4. The number of hydrogen-bond donors (Lipinski definition) is 1. The molecule has 3 aliphatic carbocycles. The Morgan fingerprint density at radius 2 is 1.95 bits per heavy atom. The number of nitrogens with zero attached hydrogens (tertiary/aromatic N) is 4. The molecule has 1 aliphatic heterocycles. The van der Waals surface area contributed by atoms with Gasteiger partial charge in [-0.3, -0.25) is 9.48 Å². The first-order valence-electron chi connectivity index (χ1n) is 13.5. The lowest BCUT2D eigenvalue weighted by Crippen LogP contribution is -2.68. The molecule has 2 atom stereocenters. The highest BCUT2D eigenvalue weighted by molar-refractivity contribution is 5.87. The Balaban J connectivity index is 0.949. The highest BCUT2D eigenvalue weighted by Gasteiger charge is 2.71. The van der Waals surface area contributed by atoms with Crippen LogP contribution in [0.25, 0.3) is 10.9 Å². The number of aliphatic hydroxyl groups excluding tert-OH is 1. The number of hydrogen-bond acceptors (Lipinski definition) is 4. The summed E-state index contributed by atoms with van der Waals surface area (Å²) >= 11 is 0. The summed E-state index contributed by atoms with van der Waals surface area (Å²) in [5.74, 6) is -0.142. The SMILES string of the molecule is N#Cc1ccc2c(cnn2CCCCCCC23CC(C(=O)N4C[C@H](O)C[C@H]4c4cccc(F)c4)(C2)C3)c1. The molecule has 0 radical (unpaired) electrons. The van der Waals surface area contributed by atoms with Gasteiger partial charge in [0.2, 0.25) is 5.91 Å². The van der Waals surface area contributed by atoms with Crippen molar-refractivity contribution in [2.24, 2.45) is 10.8 Å². The molecule has 37 heavy (non-hydrogen) atoms. The second-order valence-corrected chi connectivity index (χ2v) is 11.6. The van der Waals surface area contributed by atoms with E-state index in [9.17, 15) is 14.3 Å². The maximum absolute atomic E-state index is 13.8. The summed E-state index contributed by atoms with van der Waals surface area (Å²) in [5, 5.41) is 24.8. The quantitative estimate of drug-likeness (QED) is 0.393. The molecule has 0 unspecified atom stereocenters. The number of halogens is 1. The van der Waals surface area contributed by atoms with Gasteiger partial charge in [0.25, 0.3) is 0 Å². The molecule has 1 aromatic heterocycles. The molecular formula is C30H33FN4O2. The molecule has 1 saturated heterocycles. The van der Waals surface area contributed by atoms with Gasteiger partial charge in [0.15, 0.2) is 0 Å². The first-order chi connectivity index (χ1) is 17.9. The zero-order chi connectivity index (χ0) is 25.6. The molecule has 3 saturated carbocycles. The maximum Gasteiger partial charge on any atom is 0.229 e. The fourth-order valence-electron chi connectivity index (χ4n) is 7.31. The van der Waals surface area contributed by atoms with Crippen LogP contribution in [0, 0.1) is 28.0 Å². The Labute approximate surface area is 216 Å². The van der Waals surface area contributed by atoms with Crippen molar-refractivity contribution in [2.45, 2.75) is 76.5 Å². The Morgan fingerprint density at radius 3 is 2.73 bits per heavy atom. The minimum Gasteiger partial charge on any atom is -0.391 e. The van der Waals surface area contributed by atoms with Gasteiger partial charge in [0.1, 0.15) is 5.82 Å². The van der Waals surface area contributed by atoms with Gasteiger partial charge in [-0.1, -0.05) is 31.4 Å². The molecule has 4 fully saturated rings. The van der Waals surface area contributed by atoms with Crippen LogP contribution in [0.2, 0.25) is 0 Å². The summed E-state index contributed by atoms with van der Waals surface area (Å²) in [4.78, 5) is 15.3. The summed E-state index contributed by atoms with van der Waals surface area (Å²) in [5.41, 5.74) is 2.60. The van der Waals surface area contributed by atoms with Crippen molar-refractivity contribution in [2.75, 3.05) is 6.54 Å². The summed E-state index contributed by atoms with van der Waals surface area (Å²) in [6, 6.07) is 14.1. The molecule has 2 aromatic carbocycles. The van der Waals surface area contributed by atoms with E-state index in [4.69, 9.17) is 5.26 Å². The fraction of sp³-hybridized carbons (Fsp3) is 0.500. The first-order valence-corrected chi connectivity index (χ1v) is 13.5. The van der Waals surface area contributed by atoms with Gasteiger partial charge in [-0.15, -0.1) is 0 Å². The third-order valence-electron chi connectivity index (χ3n) is 8.97. The molecule has 1 N–H and O–H groups in total. The first kappa shape index (κ1) is 24.1. The fourth-order valence-corrected chi connectivity index (χ4v) is 7.31. The molecular weight excluding hydrogens is 467 g/mol. The number of aliphatic hydroxyl groups is 1. The van der Waals surface area contributed by atoms with Crippen molar-refractivity contribution < 1.29 is 14.3 Å². The highest BCUT2D eigenvalue weighted by atomic mass is 19.1. The van der Waals surface area contributed by atoms with Gasteiger partial charge in [-0.05, 0) is 79.8 Å². The average Bonchev–Trinajstić information content (AvgIpc) is 3.44. The second-order valence-electron chi connectivity index (χ2n) is 11.6. The predicted octanol–water partition coefficient (Wildman–Crippen LogP) is 5.50. The van der Waals surface area contributed by atoms with Crippen molar-refractivity contribution in [1.29, 1.82) is 5.26 Å². The Morgan fingerprint density at radius 1 is 1.14 bits per heavy atom. The van der Waals surface area contributed by atoms with E-state index in [0.717, 1.165) is 55.1 Å². The van der Waals surface area contributed by atoms with Crippen LogP contribution in [0.1, 0.15) is 75.0 Å². The van der Waals surface area contributed by atoms with Crippen molar-refractivity contribution in [1.82, 2.24) is 14.7 Å². The van der Waals surface area contributed by atoms with Crippen LogP contribution in [0.15, 0.2) is 48.7 Å². The minimum atomic E-state index is -0.548. The third-order valence-corrected chi connectivity index (χ3v) is 8.97. The van der Waals surface area contributed by atoms with Crippen LogP contribution in [-0.2, 0) is 11.3 Å². The number of benzene rings is 2. The molecule has 7 rings (SSSR count). The van der Waals surface area contributed by atoms with Crippen LogP contribution in [0.4, 0.5) is 4.39 Å². The van der Waals surface area contributed by atoms with Gasteiger partial charge >= 0.3 is 0 Å². The zero-order valence-corrected chi connectivity index (χ0v) is 21.1. The highest BCUT2D eigenvalue weighted by Crippen LogP contribution is 2.76. The number of unbranched alkanes of at least 4 members (excludes halogenated alkanes) is 3. The third kappa shape index (κ3) is 4.31. The topological polar surface area (TPSA) is 82.2 Å². The lowest BCUT2D eigenvalue weighted by Gasteiger charge is -2.70. The Hall–Kier alpha value is -3.24. The Kier molecular flexibility index (Phi) is 6.03. The van der Waals surface area contributed by atoms with E-state index in [1.165, 1.54) is 31.4 Å². The van der Waals surface area contributed by atoms with Crippen LogP contribution in [-0.4, -0.2) is 38.3 Å². The van der Waals surface area contributed by atoms with E-state index < -0.39 is 6.10 Å². The summed E-state index contributed by atoms with van der Waals surface area (Å²) in [7, 11) is 0. The molecule has 6 nitrogen and oxygen atoms in total. The number of carbonyl (C=O) groups is 1.